The predicted molar refractivity (Wildman–Crippen MR) is 199 cm³/mol. The fourth-order valence-corrected chi connectivity index (χ4v) is 6.12. The number of primary amides is 1. The minimum Gasteiger partial charge on any atom is -0.478 e. The Morgan fingerprint density at radius 1 is 0.645 bits per heavy atom. The quantitative estimate of drug-likeness (QED) is 0.148. The van der Waals surface area contributed by atoms with Gasteiger partial charge in [-0.15, -0.1) is 0 Å². The number of carboxylic acid groups (broad SMARTS) is 1. The van der Waals surface area contributed by atoms with Gasteiger partial charge >= 0.3 is 18.3 Å². The van der Waals surface area contributed by atoms with Gasteiger partial charge in [-0.3, -0.25) is 14.4 Å². The number of imidazole rings is 2. The first-order valence-corrected chi connectivity index (χ1v) is 18.1. The van der Waals surface area contributed by atoms with Crippen LogP contribution in [0.4, 0.5) is 37.7 Å². The summed E-state index contributed by atoms with van der Waals surface area (Å²) in [6, 6.07) is 8.42. The topological polar surface area (TPSA) is 236 Å². The number of carbonyl (C=O) groups excluding carboxylic acids is 3. The van der Waals surface area contributed by atoms with Crippen LogP contribution in [0.15, 0.2) is 73.3 Å². The van der Waals surface area contributed by atoms with Gasteiger partial charge in [0.05, 0.1) is 73.5 Å². The van der Waals surface area contributed by atoms with E-state index in [0.29, 0.717) is 56.7 Å². The molecular weight excluding hydrogens is 840 g/mol. The van der Waals surface area contributed by atoms with Crippen LogP contribution in [0.25, 0.3) is 11.3 Å². The molecule has 0 aliphatic carbocycles. The van der Waals surface area contributed by atoms with E-state index in [9.17, 15) is 50.6 Å². The molecule has 0 bridgehead atoms. The zero-order valence-electron chi connectivity index (χ0n) is 31.6. The van der Waals surface area contributed by atoms with Crippen molar-refractivity contribution in [3.8, 4) is 0 Å². The second-order valence-corrected chi connectivity index (χ2v) is 13.3. The lowest BCUT2D eigenvalue weighted by atomic mass is 10.2. The number of ether oxygens (including phenoxy) is 4. The second kappa shape index (κ2) is 17.5. The maximum absolute atomic E-state index is 12.9. The zero-order valence-corrected chi connectivity index (χ0v) is 31.6. The molecular formula is C38H31F6N9O9. The summed E-state index contributed by atoms with van der Waals surface area (Å²) in [5, 5.41) is 14.2. The molecule has 2 fully saturated rings. The Morgan fingerprint density at radius 2 is 1.08 bits per heavy atom. The van der Waals surface area contributed by atoms with E-state index in [4.69, 9.17) is 24.7 Å². The Labute approximate surface area is 343 Å². The molecule has 5 N–H and O–H groups in total. The summed E-state index contributed by atoms with van der Waals surface area (Å²) in [5.41, 5.74) is 3.23. The van der Waals surface area contributed by atoms with Crippen LogP contribution in [0.1, 0.15) is 76.7 Å². The van der Waals surface area contributed by atoms with Crippen molar-refractivity contribution in [1.82, 2.24) is 28.7 Å². The Bertz CT molecular complexity index is 2490. The van der Waals surface area contributed by atoms with Crippen molar-refractivity contribution < 1.29 is 69.6 Å². The molecule has 62 heavy (non-hydrogen) atoms. The summed E-state index contributed by atoms with van der Waals surface area (Å²) in [4.78, 5) is 63.9. The van der Waals surface area contributed by atoms with E-state index in [1.807, 2.05) is 0 Å². The number of carboxylic acids is 1. The van der Waals surface area contributed by atoms with Crippen molar-refractivity contribution in [3.05, 3.63) is 119 Å². The van der Waals surface area contributed by atoms with Crippen LogP contribution >= 0.6 is 0 Å². The molecule has 324 valence electrons. The number of rotatable bonds is 8. The van der Waals surface area contributed by atoms with E-state index in [2.05, 4.69) is 30.6 Å². The SMILES string of the molecule is NC(=O)c1cc2nc(C3COCCO3)cn2cc1NC(=O)c1cccc(C(F)(F)F)n1.O=C(Nc1cn2cc(C3COCCO3)nc2cc1C(=O)O)c1cccc(C(F)(F)F)n1. The van der Waals surface area contributed by atoms with Crippen molar-refractivity contribution in [1.29, 1.82) is 0 Å². The Balaban J connectivity index is 0.000000186. The fraction of sp³-hybridized carbons (Fsp3) is 0.263. The van der Waals surface area contributed by atoms with Crippen LogP contribution in [0.3, 0.4) is 0 Å². The molecule has 2 aliphatic rings. The van der Waals surface area contributed by atoms with Gasteiger partial charge < -0.3 is 49.2 Å². The number of fused-ring (bicyclic) bond motifs is 2. The van der Waals surface area contributed by atoms with E-state index in [-0.39, 0.29) is 28.1 Å². The molecule has 18 nitrogen and oxygen atoms in total. The normalized spacial score (nSPS) is 16.9. The number of aromatic carboxylic acids is 1. The highest BCUT2D eigenvalue weighted by atomic mass is 19.4. The highest BCUT2D eigenvalue weighted by Crippen LogP contribution is 2.30. The number of nitrogens with zero attached hydrogens (tertiary/aromatic N) is 6. The Morgan fingerprint density at radius 3 is 1.47 bits per heavy atom. The second-order valence-electron chi connectivity index (χ2n) is 13.3. The maximum Gasteiger partial charge on any atom is 0.433 e. The maximum atomic E-state index is 12.9. The van der Waals surface area contributed by atoms with Crippen molar-refractivity contribution in [2.75, 3.05) is 50.3 Å². The lowest BCUT2D eigenvalue weighted by Gasteiger charge is -2.20. The number of nitrogens with one attached hydrogen (secondary N) is 2. The highest BCUT2D eigenvalue weighted by Gasteiger charge is 2.34. The number of alkyl halides is 6. The van der Waals surface area contributed by atoms with Crippen LogP contribution in [-0.2, 0) is 31.3 Å². The van der Waals surface area contributed by atoms with Gasteiger partial charge in [-0.1, -0.05) is 12.1 Å². The molecule has 2 saturated heterocycles. The summed E-state index contributed by atoms with van der Waals surface area (Å²) in [6.45, 7) is 2.36. The van der Waals surface area contributed by atoms with E-state index in [1.165, 1.54) is 33.3 Å². The number of nitrogens with two attached hydrogens (primary N) is 1. The number of aromatic nitrogens is 6. The predicted octanol–water partition coefficient (Wildman–Crippen LogP) is 4.97. The summed E-state index contributed by atoms with van der Waals surface area (Å²) in [7, 11) is 0. The van der Waals surface area contributed by atoms with Crippen LogP contribution in [0.5, 0.6) is 0 Å². The molecule has 0 aromatic carbocycles. The summed E-state index contributed by atoms with van der Waals surface area (Å²) in [6.07, 6.45) is -4.31. The minimum atomic E-state index is -4.72. The number of pyridine rings is 4. The monoisotopic (exact) mass is 871 g/mol. The molecule has 24 heteroatoms. The van der Waals surface area contributed by atoms with E-state index < -0.39 is 71.0 Å². The zero-order chi connectivity index (χ0) is 44.3. The minimum absolute atomic E-state index is 0.00558. The molecule has 0 spiro atoms. The number of carbonyl (C=O) groups is 4. The Kier molecular flexibility index (Phi) is 12.2. The third-order valence-corrected chi connectivity index (χ3v) is 9.05. The molecule has 3 amide bonds. The average Bonchev–Trinajstić information content (AvgIpc) is 3.87. The Hall–Kier alpha value is -7.02. The van der Waals surface area contributed by atoms with Gasteiger partial charge in [-0.25, -0.2) is 24.7 Å². The van der Waals surface area contributed by atoms with E-state index in [0.717, 1.165) is 36.4 Å². The summed E-state index contributed by atoms with van der Waals surface area (Å²) >= 11 is 0. The molecule has 6 aromatic rings. The smallest absolute Gasteiger partial charge is 0.433 e. The van der Waals surface area contributed by atoms with Crippen LogP contribution in [0, 0.1) is 0 Å². The third kappa shape index (κ3) is 9.78. The van der Waals surface area contributed by atoms with Crippen molar-refractivity contribution in [3.63, 3.8) is 0 Å². The number of halogens is 6. The fourth-order valence-electron chi connectivity index (χ4n) is 6.12. The first-order valence-electron chi connectivity index (χ1n) is 18.1. The molecule has 2 unspecified atom stereocenters. The lowest BCUT2D eigenvalue weighted by Crippen LogP contribution is -2.22. The summed E-state index contributed by atoms with van der Waals surface area (Å²) in [5.74, 6) is -4.12. The van der Waals surface area contributed by atoms with Gasteiger partial charge in [0, 0.05) is 24.8 Å². The number of amides is 3. The van der Waals surface area contributed by atoms with Crippen molar-refractivity contribution in [2.24, 2.45) is 5.73 Å². The average molecular weight is 872 g/mol. The van der Waals surface area contributed by atoms with Gasteiger partial charge in [-0.05, 0) is 36.4 Å². The molecule has 0 radical (unpaired) electrons. The van der Waals surface area contributed by atoms with Gasteiger partial charge in [0.1, 0.15) is 46.3 Å². The number of hydrogen-bond acceptors (Lipinski definition) is 12. The van der Waals surface area contributed by atoms with Crippen LogP contribution in [0.2, 0.25) is 0 Å². The summed E-state index contributed by atoms with van der Waals surface area (Å²) < 4.78 is 102. The largest absolute Gasteiger partial charge is 0.478 e. The third-order valence-electron chi connectivity index (χ3n) is 9.05. The van der Waals surface area contributed by atoms with E-state index in [1.54, 1.807) is 12.4 Å². The highest BCUT2D eigenvalue weighted by molar-refractivity contribution is 6.08. The van der Waals surface area contributed by atoms with Gasteiger partial charge in [0.15, 0.2) is 0 Å². The lowest BCUT2D eigenvalue weighted by molar-refractivity contribution is -0.142. The van der Waals surface area contributed by atoms with Gasteiger partial charge in [-0.2, -0.15) is 26.3 Å². The molecule has 0 saturated carbocycles. The molecule has 6 aromatic heterocycles. The van der Waals surface area contributed by atoms with E-state index >= 15 is 0 Å². The molecule has 8 rings (SSSR count). The molecule has 2 atom stereocenters. The van der Waals surface area contributed by atoms with Crippen molar-refractivity contribution in [2.45, 2.75) is 24.6 Å². The molecule has 8 heterocycles. The molecule has 2 aliphatic heterocycles. The first kappa shape index (κ1) is 43.1. The van der Waals surface area contributed by atoms with Gasteiger partial charge in [0.25, 0.3) is 17.7 Å². The van der Waals surface area contributed by atoms with Crippen molar-refractivity contribution >= 4 is 46.4 Å². The first-order chi connectivity index (χ1) is 29.4. The van der Waals surface area contributed by atoms with Crippen LogP contribution < -0.4 is 16.4 Å². The van der Waals surface area contributed by atoms with Crippen LogP contribution in [-0.4, -0.2) is 97.2 Å². The standard InChI is InChI=1S/C19H16F3N5O4.C19H15F3N4O5/c20-19(21,22)15-3-1-2-11(24-15)18(29)26-12-7-27-8-13(14-9-30-4-5-31-14)25-16(27)6-10(12)17(23)28;20-19(21,22)15-3-1-2-11(23-15)17(27)25-12-7-26-8-13(14-9-30-4-5-31-14)24-16(26)6-10(12)18(28)29/h1-3,6-8,14H,4-5,9H2,(H2,23,28)(H,26,29);1-3,6-8,14H,4-5,9H2,(H,25,27)(H,28,29). The number of hydrogen-bond donors (Lipinski definition) is 4. The van der Waals surface area contributed by atoms with Gasteiger partial charge in [0.2, 0.25) is 0 Å². The number of anilines is 2.